The quantitative estimate of drug-likeness (QED) is 0.881. The maximum atomic E-state index is 10.3. The molecule has 1 N–H and O–H groups in total. The molecule has 1 aromatic carbocycles. The molecule has 2 unspecified atom stereocenters. The molecular weight excluding hydrogens is 334 g/mol. The molecule has 3 heterocycles. The van der Waals surface area contributed by atoms with Crippen molar-refractivity contribution >= 4 is 39.5 Å². The Kier molecular flexibility index (Phi) is 4.09. The second kappa shape index (κ2) is 6.28. The third-order valence-electron chi connectivity index (χ3n) is 4.46. The van der Waals surface area contributed by atoms with Gasteiger partial charge in [0.15, 0.2) is 5.13 Å². The third kappa shape index (κ3) is 3.07. The van der Waals surface area contributed by atoms with Crippen molar-refractivity contribution in [1.82, 2.24) is 4.98 Å². The van der Waals surface area contributed by atoms with E-state index in [-0.39, 0.29) is 18.1 Å². The number of allylic oxidation sites excluding steroid dienone is 1. The number of aromatic hydroxyl groups is 1. The molecule has 0 bridgehead atoms. The average Bonchev–Trinajstić information content (AvgIpc) is 3.08. The lowest BCUT2D eigenvalue weighted by atomic mass is 10.0. The molecule has 0 spiro atoms. The second-order valence-corrected chi connectivity index (χ2v) is 7.63. The molecule has 2 aliphatic heterocycles. The number of thiazole rings is 1. The third-order valence-corrected chi connectivity index (χ3v) is 5.51. The lowest BCUT2D eigenvalue weighted by Gasteiger charge is -2.35. The van der Waals surface area contributed by atoms with Gasteiger partial charge in [0, 0.05) is 29.9 Å². The van der Waals surface area contributed by atoms with E-state index in [9.17, 15) is 5.11 Å². The number of aliphatic imine (C=N–C) groups is 1. The molecule has 4 rings (SSSR count). The van der Waals surface area contributed by atoms with E-state index in [1.54, 1.807) is 0 Å². The molecule has 2 aromatic rings. The van der Waals surface area contributed by atoms with Crippen LogP contribution in [0.15, 0.2) is 29.3 Å². The van der Waals surface area contributed by atoms with Crippen molar-refractivity contribution in [2.45, 2.75) is 33.0 Å². The van der Waals surface area contributed by atoms with Gasteiger partial charge in [-0.3, -0.25) is 4.99 Å². The summed E-state index contributed by atoms with van der Waals surface area (Å²) >= 11 is 1.51. The van der Waals surface area contributed by atoms with Crippen LogP contribution >= 0.6 is 11.3 Å². The van der Waals surface area contributed by atoms with Gasteiger partial charge in [0.2, 0.25) is 5.88 Å². The summed E-state index contributed by atoms with van der Waals surface area (Å²) < 4.78 is 5.78. The van der Waals surface area contributed by atoms with Gasteiger partial charge < -0.3 is 14.7 Å². The topological polar surface area (TPSA) is 58.0 Å². The van der Waals surface area contributed by atoms with E-state index in [1.807, 2.05) is 31.2 Å². The molecule has 1 saturated heterocycles. The van der Waals surface area contributed by atoms with Crippen LogP contribution in [0.4, 0.5) is 10.8 Å². The van der Waals surface area contributed by atoms with Crippen molar-refractivity contribution in [1.29, 1.82) is 0 Å². The first kappa shape index (κ1) is 16.3. The SMILES string of the molecule is CC1=Nc2ccccc2/C1=C/c1sc(N2CC(C)OC(C)C2)nc1O. The van der Waals surface area contributed by atoms with Gasteiger partial charge in [-0.25, -0.2) is 0 Å². The molecule has 0 aliphatic carbocycles. The lowest BCUT2D eigenvalue weighted by Crippen LogP contribution is -2.45. The zero-order valence-corrected chi connectivity index (χ0v) is 15.4. The largest absolute Gasteiger partial charge is 0.492 e. The first-order valence-electron chi connectivity index (χ1n) is 8.48. The van der Waals surface area contributed by atoms with Crippen LogP contribution in [-0.4, -0.2) is 41.1 Å². The van der Waals surface area contributed by atoms with Crippen LogP contribution in [0, 0.1) is 0 Å². The van der Waals surface area contributed by atoms with Crippen LogP contribution in [0.3, 0.4) is 0 Å². The van der Waals surface area contributed by atoms with Crippen LogP contribution in [-0.2, 0) is 4.74 Å². The van der Waals surface area contributed by atoms with Crippen LogP contribution in [0.25, 0.3) is 11.6 Å². The van der Waals surface area contributed by atoms with E-state index in [0.717, 1.165) is 45.6 Å². The normalized spacial score (nSPS) is 24.5. The number of para-hydroxylation sites is 1. The molecule has 2 aliphatic rings. The van der Waals surface area contributed by atoms with Gasteiger partial charge in [0.05, 0.1) is 22.8 Å². The number of benzene rings is 1. The minimum Gasteiger partial charge on any atom is -0.492 e. The number of fused-ring (bicyclic) bond motifs is 1. The molecule has 1 fully saturated rings. The number of morpholine rings is 1. The van der Waals surface area contributed by atoms with E-state index in [4.69, 9.17) is 4.74 Å². The summed E-state index contributed by atoms with van der Waals surface area (Å²) in [6, 6.07) is 8.07. The molecule has 130 valence electrons. The maximum absolute atomic E-state index is 10.3. The summed E-state index contributed by atoms with van der Waals surface area (Å²) in [7, 11) is 0. The highest BCUT2D eigenvalue weighted by molar-refractivity contribution is 7.16. The predicted molar refractivity (Wildman–Crippen MR) is 103 cm³/mol. The van der Waals surface area contributed by atoms with Gasteiger partial charge >= 0.3 is 0 Å². The average molecular weight is 355 g/mol. The second-order valence-electron chi connectivity index (χ2n) is 6.62. The van der Waals surface area contributed by atoms with E-state index >= 15 is 0 Å². The first-order chi connectivity index (χ1) is 12.0. The van der Waals surface area contributed by atoms with Gasteiger partial charge in [0.25, 0.3) is 0 Å². The Labute approximate surface area is 151 Å². The zero-order chi connectivity index (χ0) is 17.6. The predicted octanol–water partition coefficient (Wildman–Crippen LogP) is 4.11. The highest BCUT2D eigenvalue weighted by Gasteiger charge is 2.26. The first-order valence-corrected chi connectivity index (χ1v) is 9.30. The fraction of sp³-hybridized carbons (Fsp3) is 0.368. The Hall–Kier alpha value is -2.18. The smallest absolute Gasteiger partial charge is 0.231 e. The summed E-state index contributed by atoms with van der Waals surface area (Å²) in [5.41, 5.74) is 4.09. The summed E-state index contributed by atoms with van der Waals surface area (Å²) in [5, 5.41) is 11.2. The van der Waals surface area contributed by atoms with E-state index < -0.39 is 0 Å². The van der Waals surface area contributed by atoms with Crippen LogP contribution in [0.2, 0.25) is 0 Å². The van der Waals surface area contributed by atoms with Gasteiger partial charge in [-0.05, 0) is 32.9 Å². The minimum absolute atomic E-state index is 0.0801. The number of hydrogen-bond acceptors (Lipinski definition) is 6. The number of hydrogen-bond donors (Lipinski definition) is 1. The van der Waals surface area contributed by atoms with Crippen LogP contribution in [0.5, 0.6) is 5.88 Å². The fourth-order valence-electron chi connectivity index (χ4n) is 3.42. The summed E-state index contributed by atoms with van der Waals surface area (Å²) in [5.74, 6) is 0.0801. The molecule has 2 atom stereocenters. The van der Waals surface area contributed by atoms with E-state index in [1.165, 1.54) is 11.3 Å². The molecule has 0 amide bonds. The molecule has 0 radical (unpaired) electrons. The summed E-state index contributed by atoms with van der Waals surface area (Å²) in [6.45, 7) is 7.70. The molecule has 6 heteroatoms. The number of nitrogens with zero attached hydrogens (tertiary/aromatic N) is 3. The van der Waals surface area contributed by atoms with Crippen molar-refractivity contribution in [3.05, 3.63) is 34.7 Å². The Morgan fingerprint density at radius 1 is 1.24 bits per heavy atom. The fourth-order valence-corrected chi connectivity index (χ4v) is 4.34. The van der Waals surface area contributed by atoms with Gasteiger partial charge in [-0.15, -0.1) is 0 Å². The van der Waals surface area contributed by atoms with Crippen molar-refractivity contribution in [2.24, 2.45) is 4.99 Å². The van der Waals surface area contributed by atoms with Crippen LogP contribution in [0.1, 0.15) is 31.2 Å². The van der Waals surface area contributed by atoms with E-state index in [0.29, 0.717) is 0 Å². The molecule has 25 heavy (non-hydrogen) atoms. The Balaban J connectivity index is 1.67. The zero-order valence-electron chi connectivity index (χ0n) is 14.6. The molecule has 0 saturated carbocycles. The monoisotopic (exact) mass is 355 g/mol. The van der Waals surface area contributed by atoms with E-state index in [2.05, 4.69) is 34.8 Å². The lowest BCUT2D eigenvalue weighted by molar-refractivity contribution is -0.00525. The Bertz CT molecular complexity index is 861. The van der Waals surface area contributed by atoms with Crippen molar-refractivity contribution < 1.29 is 9.84 Å². The Morgan fingerprint density at radius 2 is 1.96 bits per heavy atom. The van der Waals surface area contributed by atoms with Crippen molar-refractivity contribution in [2.75, 3.05) is 18.0 Å². The standard InChI is InChI=1S/C19H21N3O2S/c1-11-9-22(10-12(2)24-11)19-21-18(23)17(25-19)8-15-13(3)20-16-7-5-4-6-14(15)16/h4-8,11-12,23H,9-10H2,1-3H3/b15-8+. The van der Waals surface area contributed by atoms with Crippen molar-refractivity contribution in [3.8, 4) is 5.88 Å². The number of ether oxygens (including phenoxy) is 1. The number of aromatic nitrogens is 1. The Morgan fingerprint density at radius 3 is 2.72 bits per heavy atom. The maximum Gasteiger partial charge on any atom is 0.231 e. The molecular formula is C19H21N3O2S. The van der Waals surface area contributed by atoms with Gasteiger partial charge in [-0.2, -0.15) is 4.98 Å². The van der Waals surface area contributed by atoms with Crippen LogP contribution < -0.4 is 4.90 Å². The number of rotatable bonds is 2. The minimum atomic E-state index is 0.0801. The molecule has 1 aromatic heterocycles. The van der Waals surface area contributed by atoms with Gasteiger partial charge in [0.1, 0.15) is 0 Å². The molecule has 5 nitrogen and oxygen atoms in total. The summed E-state index contributed by atoms with van der Waals surface area (Å²) in [6.07, 6.45) is 2.31. The van der Waals surface area contributed by atoms with Gasteiger partial charge in [-0.1, -0.05) is 29.5 Å². The summed E-state index contributed by atoms with van der Waals surface area (Å²) in [4.78, 5) is 11.9. The van der Waals surface area contributed by atoms with Crippen molar-refractivity contribution in [3.63, 3.8) is 0 Å². The highest BCUT2D eigenvalue weighted by Crippen LogP contribution is 2.39. The highest BCUT2D eigenvalue weighted by atomic mass is 32.1. The number of anilines is 1.